The van der Waals surface area contributed by atoms with E-state index in [2.05, 4.69) is 18.2 Å². The van der Waals surface area contributed by atoms with Gasteiger partial charge in [-0.05, 0) is 113 Å². The molecule has 0 aromatic heterocycles. The van der Waals surface area contributed by atoms with Gasteiger partial charge in [0.05, 0.1) is 0 Å². The normalized spacial score (nSPS) is 14.7. The van der Waals surface area contributed by atoms with Crippen molar-refractivity contribution < 1.29 is 19.2 Å². The van der Waals surface area contributed by atoms with Gasteiger partial charge in [-0.1, -0.05) is 169 Å². The Morgan fingerprint density at radius 1 is 0.484 bits per heavy atom. The molecule has 0 bridgehead atoms. The van der Waals surface area contributed by atoms with Gasteiger partial charge in [0, 0.05) is 57.1 Å². The van der Waals surface area contributed by atoms with Crippen molar-refractivity contribution in [3.63, 3.8) is 0 Å². The van der Waals surface area contributed by atoms with Crippen molar-refractivity contribution in [1.82, 2.24) is 9.80 Å². The Morgan fingerprint density at radius 2 is 0.875 bits per heavy atom. The monoisotopic (exact) mass is 930 g/mol. The maximum Gasteiger partial charge on any atom is 0.261 e. The summed E-state index contributed by atoms with van der Waals surface area (Å²) >= 11 is 0. The minimum absolute atomic E-state index is 0.132. The highest BCUT2D eigenvalue weighted by Gasteiger charge is 2.39. The van der Waals surface area contributed by atoms with Crippen molar-refractivity contribution in [2.45, 2.75) is 128 Å². The van der Waals surface area contributed by atoms with Crippen LogP contribution in [0, 0.1) is 0 Å². The van der Waals surface area contributed by atoms with Crippen LogP contribution in [0.2, 0.25) is 0 Å². The molecule has 64 heavy (non-hydrogen) atoms. The zero-order valence-electron chi connectivity index (χ0n) is 37.6. The molecule has 1 aliphatic carbocycles. The van der Waals surface area contributed by atoms with Gasteiger partial charge in [0.15, 0.2) is 0 Å². The van der Waals surface area contributed by atoms with Gasteiger partial charge in [-0.25, -0.2) is 0 Å². The molecule has 0 saturated carbocycles. The van der Waals surface area contributed by atoms with Crippen LogP contribution in [0.3, 0.4) is 0 Å². The number of nitrogens with zero attached hydrogens (tertiary/aromatic N) is 2. The van der Waals surface area contributed by atoms with E-state index >= 15 is 0 Å². The molecule has 5 aromatic rings. The summed E-state index contributed by atoms with van der Waals surface area (Å²) < 4.78 is 0. The second-order valence-electron chi connectivity index (χ2n) is 17.7. The molecule has 5 aromatic carbocycles. The fraction of sp³-hybridized carbons (Fsp3) is 0.463. The van der Waals surface area contributed by atoms with E-state index in [0.29, 0.717) is 34.1 Å². The standard InChI is InChI=1S/C54H62N2O4S4/c1-61-63-35-19-13-9-5-3-7-11-15-23-38(24-16-12-8-4-6-10-14-20-36-64-62-2)56-53(59)45-31-27-41-39-25-29-43-49-44(52(58)55(51(43)57)34-33-37-21-17-18-22-37)30-26-40(47(39)49)42-28-32-46(54(56)60)50(45)48(41)42/h17-18,21,25-32,38H,3-16,19-20,23-24,33-36H2,1-2H3. The molecule has 4 amide bonds. The minimum atomic E-state index is -0.284. The molecule has 0 spiro atoms. The first-order chi connectivity index (χ1) is 31.4. The SMILES string of the molecule is CSSCCCCCCCCCCC(CCCCCCCCCCSSC)N1C(=O)c2ccc3c4ccc5c6c(ccc(c7ccc(c2c37)C1=O)c64)C(=O)N(CCC1=C=CC=C1)C5=O. The van der Waals surface area contributed by atoms with Crippen LogP contribution in [0.1, 0.15) is 163 Å². The molecule has 2 heterocycles. The molecule has 8 rings (SSSR count). The van der Waals surface area contributed by atoms with E-state index in [9.17, 15) is 19.2 Å². The number of hydrogen-bond donors (Lipinski definition) is 0. The van der Waals surface area contributed by atoms with Crippen LogP contribution < -0.4 is 0 Å². The highest BCUT2D eigenvalue weighted by atomic mass is 33.1. The first-order valence-electron chi connectivity index (χ1n) is 23.8. The number of carbonyl (C=O) groups excluding carboxylic acids is 4. The molecule has 10 heteroatoms. The largest absolute Gasteiger partial charge is 0.274 e. The van der Waals surface area contributed by atoms with Crippen molar-refractivity contribution >= 4 is 110 Å². The quantitative estimate of drug-likeness (QED) is 0.0123. The number of benzene rings is 5. The molecule has 0 fully saturated rings. The van der Waals surface area contributed by atoms with E-state index in [-0.39, 0.29) is 36.2 Å². The van der Waals surface area contributed by atoms with Crippen molar-refractivity contribution in [3.8, 4) is 0 Å². The van der Waals surface area contributed by atoms with Crippen molar-refractivity contribution in [2.24, 2.45) is 0 Å². The molecule has 6 nitrogen and oxygen atoms in total. The third kappa shape index (κ3) is 10.0. The minimum Gasteiger partial charge on any atom is -0.274 e. The summed E-state index contributed by atoms with van der Waals surface area (Å²) in [5, 5.41) is 6.85. The van der Waals surface area contributed by atoms with E-state index in [1.807, 2.05) is 110 Å². The van der Waals surface area contributed by atoms with E-state index in [4.69, 9.17) is 0 Å². The van der Waals surface area contributed by atoms with Crippen LogP contribution in [0.25, 0.3) is 43.1 Å². The predicted molar refractivity (Wildman–Crippen MR) is 278 cm³/mol. The van der Waals surface area contributed by atoms with Gasteiger partial charge in [-0.2, -0.15) is 0 Å². The fourth-order valence-corrected chi connectivity index (χ4v) is 13.1. The topological polar surface area (TPSA) is 74.8 Å². The second kappa shape index (κ2) is 22.7. The zero-order chi connectivity index (χ0) is 44.4. The van der Waals surface area contributed by atoms with Gasteiger partial charge in [-0.3, -0.25) is 29.0 Å². The van der Waals surface area contributed by atoms with Crippen molar-refractivity contribution in [1.29, 1.82) is 0 Å². The maximum absolute atomic E-state index is 14.8. The highest BCUT2D eigenvalue weighted by Crippen LogP contribution is 2.47. The van der Waals surface area contributed by atoms with Crippen molar-refractivity contribution in [3.05, 3.63) is 100 Å². The smallest absolute Gasteiger partial charge is 0.261 e. The number of unbranched alkanes of at least 4 members (excludes halogenated alkanes) is 14. The lowest BCUT2D eigenvalue weighted by Gasteiger charge is -2.35. The van der Waals surface area contributed by atoms with E-state index < -0.39 is 0 Å². The molecule has 3 aliphatic rings. The Balaban J connectivity index is 1.01. The first kappa shape index (κ1) is 46.9. The van der Waals surface area contributed by atoms with Crippen LogP contribution in [0.5, 0.6) is 0 Å². The third-order valence-electron chi connectivity index (χ3n) is 13.6. The van der Waals surface area contributed by atoms with Gasteiger partial charge in [0.25, 0.3) is 23.6 Å². The van der Waals surface area contributed by atoms with E-state index in [1.54, 1.807) is 4.90 Å². The Morgan fingerprint density at radius 3 is 1.27 bits per heavy atom. The number of allylic oxidation sites excluding steroid dienone is 2. The van der Waals surface area contributed by atoms with Crippen LogP contribution in [0.15, 0.2) is 78.1 Å². The number of fused-ring (bicyclic) bond motifs is 2. The summed E-state index contributed by atoms with van der Waals surface area (Å²) in [6.07, 6.45) is 31.8. The lowest BCUT2D eigenvalue weighted by Crippen LogP contribution is -2.47. The van der Waals surface area contributed by atoms with E-state index in [0.717, 1.165) is 81.8 Å². The molecule has 0 unspecified atom stereocenters. The van der Waals surface area contributed by atoms with Gasteiger partial charge in [-0.15, -0.1) is 5.73 Å². The van der Waals surface area contributed by atoms with E-state index in [1.165, 1.54) is 93.5 Å². The number of imide groups is 2. The van der Waals surface area contributed by atoms with Crippen LogP contribution >= 0.6 is 43.2 Å². The highest BCUT2D eigenvalue weighted by molar-refractivity contribution is 8.76. The number of hydrogen-bond acceptors (Lipinski definition) is 8. The maximum atomic E-state index is 14.8. The fourth-order valence-electron chi connectivity index (χ4n) is 10.4. The lowest BCUT2D eigenvalue weighted by atomic mass is 9.82. The molecule has 0 radical (unpaired) electrons. The first-order valence-corrected chi connectivity index (χ1v) is 29.3. The molecule has 0 atom stereocenters. The number of rotatable bonds is 28. The Bertz CT molecular complexity index is 2470. The number of amides is 4. The summed E-state index contributed by atoms with van der Waals surface area (Å²) in [6.45, 7) is 0.285. The molecule has 336 valence electrons. The summed E-state index contributed by atoms with van der Waals surface area (Å²) in [4.78, 5) is 60.6. The van der Waals surface area contributed by atoms with Gasteiger partial charge in [0.1, 0.15) is 0 Å². The van der Waals surface area contributed by atoms with Crippen LogP contribution in [0.4, 0.5) is 0 Å². The third-order valence-corrected chi connectivity index (χ3v) is 17.4. The average molecular weight is 931 g/mol. The van der Waals surface area contributed by atoms with Gasteiger partial charge < -0.3 is 0 Å². The molecular weight excluding hydrogens is 869 g/mol. The van der Waals surface area contributed by atoms with Crippen LogP contribution in [-0.2, 0) is 0 Å². The summed E-state index contributed by atoms with van der Waals surface area (Å²) in [6, 6.07) is 15.4. The molecule has 0 saturated heterocycles. The second-order valence-corrected chi connectivity index (χ2v) is 23.1. The predicted octanol–water partition coefficient (Wildman–Crippen LogP) is 15.4. The summed E-state index contributed by atoms with van der Waals surface area (Å²) in [5.41, 5.74) is 6.36. The Hall–Kier alpha value is -3.66. The molecule has 2 aliphatic heterocycles. The summed E-state index contributed by atoms with van der Waals surface area (Å²) in [7, 11) is 7.62. The zero-order valence-corrected chi connectivity index (χ0v) is 40.9. The summed E-state index contributed by atoms with van der Waals surface area (Å²) in [5.74, 6) is 1.54. The average Bonchev–Trinajstić information content (AvgIpc) is 3.84. The Kier molecular flexibility index (Phi) is 16.6. The lowest BCUT2D eigenvalue weighted by molar-refractivity contribution is 0.0514. The molecule has 0 N–H and O–H groups in total. The molecular formula is C54H62N2O4S4. The van der Waals surface area contributed by atoms with Crippen molar-refractivity contribution in [2.75, 3.05) is 30.6 Å². The van der Waals surface area contributed by atoms with Gasteiger partial charge in [0.2, 0.25) is 0 Å². The van der Waals surface area contributed by atoms with Gasteiger partial charge >= 0.3 is 0 Å². The van der Waals surface area contributed by atoms with Crippen LogP contribution in [-0.4, -0.2) is 70.0 Å². The number of carbonyl (C=O) groups is 4. The Labute approximate surface area is 395 Å².